The molecule has 9 heteroatoms. The Hall–Kier alpha value is -4.50. The van der Waals surface area contributed by atoms with E-state index in [4.69, 9.17) is 0 Å². The molecule has 192 valence electrons. The van der Waals surface area contributed by atoms with Crippen molar-refractivity contribution in [1.82, 2.24) is 15.0 Å². The highest BCUT2D eigenvalue weighted by Gasteiger charge is 2.24. The third kappa shape index (κ3) is 4.52. The molecule has 0 atom stereocenters. The van der Waals surface area contributed by atoms with Crippen LogP contribution in [-0.4, -0.2) is 39.6 Å². The van der Waals surface area contributed by atoms with Gasteiger partial charge < -0.3 is 10.2 Å². The smallest absolute Gasteiger partial charge is 0.335 e. The number of aromatic hydroxyl groups is 1. The third-order valence-electron chi connectivity index (χ3n) is 6.29. The minimum atomic E-state index is -3.74. The highest BCUT2D eigenvalue weighted by atomic mass is 32.2. The summed E-state index contributed by atoms with van der Waals surface area (Å²) in [6.45, 7) is 5.91. The van der Waals surface area contributed by atoms with Crippen LogP contribution in [-0.2, 0) is 15.3 Å². The molecule has 38 heavy (non-hydrogen) atoms. The molecule has 5 aromatic rings. The number of carboxylic acid groups (broad SMARTS) is 1. The summed E-state index contributed by atoms with van der Waals surface area (Å²) in [6.07, 6.45) is 0. The lowest BCUT2D eigenvalue weighted by Gasteiger charge is -2.23. The van der Waals surface area contributed by atoms with E-state index in [1.165, 1.54) is 41.2 Å². The lowest BCUT2D eigenvalue weighted by molar-refractivity contribution is 0.0697. The van der Waals surface area contributed by atoms with Crippen molar-refractivity contribution in [2.75, 3.05) is 0 Å². The van der Waals surface area contributed by atoms with E-state index in [2.05, 4.69) is 10.2 Å². The standard InChI is InChI=1S/C29H25N3O5S/c1-29(2,3)23-15-20(18-9-11-19(12-10-18)28(34)35)16-26(27(23)33)32-30-24-14-13-22(17-25(24)31-32)38(36,37)21-7-5-4-6-8-21/h4-17,33H,1-3H3,(H,34,35). The van der Waals surface area contributed by atoms with Crippen LogP contribution < -0.4 is 0 Å². The van der Waals surface area contributed by atoms with Crippen LogP contribution in [0.2, 0.25) is 0 Å². The van der Waals surface area contributed by atoms with Crippen LogP contribution in [0.4, 0.5) is 0 Å². The zero-order valence-electron chi connectivity index (χ0n) is 21.0. The van der Waals surface area contributed by atoms with E-state index in [-0.39, 0.29) is 21.1 Å². The first-order valence-electron chi connectivity index (χ1n) is 11.8. The van der Waals surface area contributed by atoms with Crippen LogP contribution in [0.5, 0.6) is 5.75 Å². The second-order valence-electron chi connectivity index (χ2n) is 9.98. The van der Waals surface area contributed by atoms with Crippen LogP contribution in [0.25, 0.3) is 27.8 Å². The van der Waals surface area contributed by atoms with Gasteiger partial charge in [-0.05, 0) is 71.1 Å². The number of phenols is 1. The zero-order valence-corrected chi connectivity index (χ0v) is 21.8. The van der Waals surface area contributed by atoms with Gasteiger partial charge in [0.25, 0.3) is 0 Å². The first-order valence-corrected chi connectivity index (χ1v) is 13.3. The van der Waals surface area contributed by atoms with Gasteiger partial charge in [-0.3, -0.25) is 0 Å². The molecule has 1 aromatic heterocycles. The Morgan fingerprint density at radius 1 is 0.789 bits per heavy atom. The average Bonchev–Trinajstić information content (AvgIpc) is 3.32. The summed E-state index contributed by atoms with van der Waals surface area (Å²) < 4.78 is 26.2. The predicted octanol–water partition coefficient (Wildman–Crippen LogP) is 5.62. The predicted molar refractivity (Wildman–Crippen MR) is 144 cm³/mol. The van der Waals surface area contributed by atoms with Gasteiger partial charge in [0.05, 0.1) is 15.4 Å². The molecule has 2 N–H and O–H groups in total. The number of aromatic nitrogens is 3. The number of rotatable bonds is 5. The minimum Gasteiger partial charge on any atom is -0.505 e. The van der Waals surface area contributed by atoms with Gasteiger partial charge in [0, 0.05) is 5.56 Å². The quantitative estimate of drug-likeness (QED) is 0.304. The lowest BCUT2D eigenvalue weighted by Crippen LogP contribution is -2.13. The molecule has 0 fully saturated rings. The molecule has 0 aliphatic heterocycles. The van der Waals surface area contributed by atoms with Gasteiger partial charge in [-0.1, -0.05) is 51.1 Å². The van der Waals surface area contributed by atoms with E-state index < -0.39 is 21.2 Å². The number of carboxylic acids is 1. The zero-order chi connectivity index (χ0) is 27.2. The number of carbonyl (C=O) groups is 1. The Morgan fingerprint density at radius 3 is 2.08 bits per heavy atom. The molecule has 0 radical (unpaired) electrons. The molecule has 0 saturated heterocycles. The monoisotopic (exact) mass is 527 g/mol. The molecule has 0 aliphatic carbocycles. The van der Waals surface area contributed by atoms with E-state index in [0.717, 1.165) is 11.1 Å². The number of hydrogen-bond donors (Lipinski definition) is 2. The maximum absolute atomic E-state index is 13.1. The van der Waals surface area contributed by atoms with Crippen molar-refractivity contribution >= 4 is 26.8 Å². The van der Waals surface area contributed by atoms with Crippen molar-refractivity contribution in [2.24, 2.45) is 0 Å². The van der Waals surface area contributed by atoms with Crippen molar-refractivity contribution in [2.45, 2.75) is 36.0 Å². The molecule has 0 aliphatic rings. The summed E-state index contributed by atoms with van der Waals surface area (Å²) in [6, 6.07) is 22.8. The van der Waals surface area contributed by atoms with Gasteiger partial charge in [0.2, 0.25) is 9.84 Å². The summed E-state index contributed by atoms with van der Waals surface area (Å²) in [5, 5.41) is 29.5. The van der Waals surface area contributed by atoms with Gasteiger partial charge in [-0.15, -0.1) is 15.0 Å². The number of benzene rings is 4. The van der Waals surface area contributed by atoms with Gasteiger partial charge in [0.15, 0.2) is 0 Å². The fourth-order valence-electron chi connectivity index (χ4n) is 4.22. The second-order valence-corrected chi connectivity index (χ2v) is 11.9. The third-order valence-corrected chi connectivity index (χ3v) is 8.06. The highest BCUT2D eigenvalue weighted by Crippen LogP contribution is 2.39. The van der Waals surface area contributed by atoms with Crippen LogP contribution in [0.15, 0.2) is 94.7 Å². The Morgan fingerprint density at radius 2 is 1.45 bits per heavy atom. The van der Waals surface area contributed by atoms with Crippen LogP contribution in [0.1, 0.15) is 36.7 Å². The Bertz CT molecular complexity index is 1790. The van der Waals surface area contributed by atoms with Gasteiger partial charge in [-0.2, -0.15) is 0 Å². The topological polar surface area (TPSA) is 122 Å². The molecule has 0 amide bonds. The largest absolute Gasteiger partial charge is 0.505 e. The first-order chi connectivity index (χ1) is 17.9. The summed E-state index contributed by atoms with van der Waals surface area (Å²) >= 11 is 0. The van der Waals surface area contributed by atoms with Crippen LogP contribution in [0, 0.1) is 0 Å². The molecular formula is C29H25N3O5S. The molecule has 8 nitrogen and oxygen atoms in total. The number of aromatic carboxylic acids is 1. The summed E-state index contributed by atoms with van der Waals surface area (Å²) in [7, 11) is -3.74. The molecule has 5 rings (SSSR count). The van der Waals surface area contributed by atoms with E-state index in [0.29, 0.717) is 22.3 Å². The summed E-state index contributed by atoms with van der Waals surface area (Å²) in [5.74, 6) is -1.01. The molecule has 0 unspecified atom stereocenters. The fourth-order valence-corrected chi connectivity index (χ4v) is 5.52. The number of fused-ring (bicyclic) bond motifs is 1. The van der Waals surface area contributed by atoms with Gasteiger partial charge in [-0.25, -0.2) is 13.2 Å². The average molecular weight is 528 g/mol. The Labute approximate surface area is 219 Å². The lowest BCUT2D eigenvalue weighted by atomic mass is 9.84. The van der Waals surface area contributed by atoms with E-state index >= 15 is 0 Å². The fraction of sp³-hybridized carbons (Fsp3) is 0.138. The molecular weight excluding hydrogens is 502 g/mol. The maximum atomic E-state index is 13.1. The van der Waals surface area contributed by atoms with Crippen molar-refractivity contribution in [3.8, 4) is 22.6 Å². The minimum absolute atomic E-state index is 0.000780. The Kier molecular flexibility index (Phi) is 6.03. The van der Waals surface area contributed by atoms with Crippen molar-refractivity contribution in [1.29, 1.82) is 0 Å². The normalized spacial score (nSPS) is 12.1. The Balaban J connectivity index is 1.64. The summed E-state index contributed by atoms with van der Waals surface area (Å²) in [4.78, 5) is 12.8. The molecule has 0 bridgehead atoms. The maximum Gasteiger partial charge on any atom is 0.335 e. The highest BCUT2D eigenvalue weighted by molar-refractivity contribution is 7.91. The van der Waals surface area contributed by atoms with E-state index in [1.54, 1.807) is 42.5 Å². The van der Waals surface area contributed by atoms with Crippen molar-refractivity contribution < 1.29 is 23.4 Å². The summed E-state index contributed by atoms with van der Waals surface area (Å²) in [5.41, 5.74) is 3.03. The SMILES string of the molecule is CC(C)(C)c1cc(-c2ccc(C(=O)O)cc2)cc(-n2nc3ccc(S(=O)(=O)c4ccccc4)cc3n2)c1O. The second kappa shape index (κ2) is 9.11. The molecule has 0 spiro atoms. The van der Waals surface area contributed by atoms with Gasteiger partial charge >= 0.3 is 5.97 Å². The number of phenolic OH excluding ortho intramolecular Hbond substituents is 1. The molecule has 1 heterocycles. The van der Waals surface area contributed by atoms with Crippen molar-refractivity contribution in [3.05, 3.63) is 96.1 Å². The molecule has 4 aromatic carbocycles. The van der Waals surface area contributed by atoms with Crippen LogP contribution >= 0.6 is 0 Å². The number of nitrogens with zero attached hydrogens (tertiary/aromatic N) is 3. The van der Waals surface area contributed by atoms with E-state index in [9.17, 15) is 23.4 Å². The van der Waals surface area contributed by atoms with E-state index in [1.807, 2.05) is 26.8 Å². The number of sulfone groups is 1. The first kappa shape index (κ1) is 25.2. The van der Waals surface area contributed by atoms with Crippen LogP contribution in [0.3, 0.4) is 0 Å². The number of hydrogen-bond acceptors (Lipinski definition) is 6. The van der Waals surface area contributed by atoms with Gasteiger partial charge in [0.1, 0.15) is 22.5 Å². The molecule has 0 saturated carbocycles. The van der Waals surface area contributed by atoms with Crippen molar-refractivity contribution in [3.63, 3.8) is 0 Å².